The number of carbonyl (C=O) groups excluding carboxylic acids is 1. The molecule has 0 unspecified atom stereocenters. The largest absolute Gasteiger partial charge is 0.491 e. The zero-order valence-corrected chi connectivity index (χ0v) is 18.7. The highest BCUT2D eigenvalue weighted by Gasteiger charge is 2.18. The fourth-order valence-electron chi connectivity index (χ4n) is 2.88. The van der Waals surface area contributed by atoms with Gasteiger partial charge in [-0.25, -0.2) is 4.79 Å². The van der Waals surface area contributed by atoms with E-state index in [-0.39, 0.29) is 6.10 Å². The molecule has 0 spiro atoms. The molecule has 6 heteroatoms. The lowest BCUT2D eigenvalue weighted by Gasteiger charge is -2.25. The van der Waals surface area contributed by atoms with E-state index in [4.69, 9.17) is 14.2 Å². The van der Waals surface area contributed by atoms with Crippen LogP contribution in [0, 0.1) is 0 Å². The number of ether oxygens (including phenoxy) is 3. The van der Waals surface area contributed by atoms with Crippen molar-refractivity contribution in [2.45, 2.75) is 65.9 Å². The van der Waals surface area contributed by atoms with Gasteiger partial charge >= 0.3 is 6.09 Å². The van der Waals surface area contributed by atoms with Gasteiger partial charge < -0.3 is 19.1 Å². The molecule has 0 saturated heterocycles. The van der Waals surface area contributed by atoms with Crippen LogP contribution in [0.3, 0.4) is 0 Å². The summed E-state index contributed by atoms with van der Waals surface area (Å²) in [5.74, 6) is 0.667. The molecule has 29 heavy (non-hydrogen) atoms. The fourth-order valence-corrected chi connectivity index (χ4v) is 2.88. The number of hydrogen-bond acceptors (Lipinski definition) is 5. The predicted molar refractivity (Wildman–Crippen MR) is 119 cm³/mol. The van der Waals surface area contributed by atoms with E-state index < -0.39 is 6.09 Å². The van der Waals surface area contributed by atoms with Crippen LogP contribution in [-0.4, -0.2) is 56.6 Å². The molecular weight excluding hydrogens is 368 g/mol. The number of nitrogens with one attached hydrogen (secondary N) is 1. The van der Waals surface area contributed by atoms with E-state index in [0.717, 1.165) is 45.2 Å². The lowest BCUT2D eigenvalue weighted by Crippen LogP contribution is -2.38. The van der Waals surface area contributed by atoms with Crippen molar-refractivity contribution in [2.75, 3.05) is 44.8 Å². The molecule has 0 bridgehead atoms. The van der Waals surface area contributed by atoms with E-state index in [9.17, 15) is 4.79 Å². The first-order chi connectivity index (χ1) is 14.1. The quantitative estimate of drug-likeness (QED) is 0.375. The van der Waals surface area contributed by atoms with Crippen molar-refractivity contribution in [1.29, 1.82) is 0 Å². The maximum Gasteiger partial charge on any atom is 0.412 e. The van der Waals surface area contributed by atoms with Gasteiger partial charge in [-0.15, -0.1) is 0 Å². The average molecular weight is 409 g/mol. The van der Waals surface area contributed by atoms with Crippen molar-refractivity contribution in [3.8, 4) is 5.75 Å². The summed E-state index contributed by atoms with van der Waals surface area (Å²) in [6.45, 7) is 12.7. The van der Waals surface area contributed by atoms with Crippen LogP contribution in [0.15, 0.2) is 24.3 Å². The van der Waals surface area contributed by atoms with Gasteiger partial charge in [0.05, 0.1) is 18.9 Å². The normalized spacial score (nSPS) is 12.0. The van der Waals surface area contributed by atoms with Crippen LogP contribution < -0.4 is 10.1 Å². The van der Waals surface area contributed by atoms with E-state index in [0.29, 0.717) is 37.8 Å². The van der Waals surface area contributed by atoms with Crippen molar-refractivity contribution < 1.29 is 19.0 Å². The summed E-state index contributed by atoms with van der Waals surface area (Å²) in [6, 6.07) is 7.46. The molecule has 1 N–H and O–H groups in total. The van der Waals surface area contributed by atoms with Crippen LogP contribution in [0.5, 0.6) is 5.75 Å². The van der Waals surface area contributed by atoms with Crippen molar-refractivity contribution in [2.24, 2.45) is 0 Å². The highest BCUT2D eigenvalue weighted by atomic mass is 16.6. The molecule has 166 valence electrons. The van der Waals surface area contributed by atoms with Crippen molar-refractivity contribution >= 4 is 11.8 Å². The number of benzene rings is 1. The van der Waals surface area contributed by atoms with Gasteiger partial charge in [0.2, 0.25) is 0 Å². The Hall–Kier alpha value is -1.79. The fraction of sp³-hybridized carbons (Fsp3) is 0.696. The van der Waals surface area contributed by atoms with Crippen molar-refractivity contribution in [3.05, 3.63) is 24.3 Å². The highest BCUT2D eigenvalue weighted by molar-refractivity contribution is 5.86. The van der Waals surface area contributed by atoms with E-state index in [2.05, 4.69) is 37.9 Å². The van der Waals surface area contributed by atoms with Gasteiger partial charge in [-0.05, 0) is 38.1 Å². The second-order valence-corrected chi connectivity index (χ2v) is 7.12. The maximum absolute atomic E-state index is 12.5. The summed E-state index contributed by atoms with van der Waals surface area (Å²) in [5.41, 5.74) is 0.627. The van der Waals surface area contributed by atoms with Gasteiger partial charge in [-0.1, -0.05) is 59.1 Å². The van der Waals surface area contributed by atoms with Gasteiger partial charge in [0, 0.05) is 13.2 Å². The maximum atomic E-state index is 12.5. The lowest BCUT2D eigenvalue weighted by molar-refractivity contribution is 0.00804. The Labute approximate surface area is 176 Å². The monoisotopic (exact) mass is 408 g/mol. The Balaban J connectivity index is 2.64. The number of carbonyl (C=O) groups is 1. The van der Waals surface area contributed by atoms with Gasteiger partial charge in [0.25, 0.3) is 0 Å². The number of para-hydroxylation sites is 2. The number of unbranched alkanes of at least 4 members (excludes halogenated alkanes) is 3. The van der Waals surface area contributed by atoms with Gasteiger partial charge in [0.1, 0.15) is 11.9 Å². The minimum atomic E-state index is -0.481. The van der Waals surface area contributed by atoms with Crippen LogP contribution in [0.2, 0.25) is 0 Å². The smallest absolute Gasteiger partial charge is 0.412 e. The second kappa shape index (κ2) is 16.1. The molecule has 0 aliphatic rings. The van der Waals surface area contributed by atoms with Gasteiger partial charge in [-0.3, -0.25) is 5.32 Å². The Morgan fingerprint density at radius 1 is 1.00 bits per heavy atom. The zero-order chi connectivity index (χ0) is 21.3. The number of hydrogen-bond donors (Lipinski definition) is 1. The molecule has 0 aliphatic heterocycles. The average Bonchev–Trinajstić information content (AvgIpc) is 2.73. The third kappa shape index (κ3) is 11.1. The van der Waals surface area contributed by atoms with Crippen LogP contribution >= 0.6 is 0 Å². The first-order valence-electron chi connectivity index (χ1n) is 11.1. The van der Waals surface area contributed by atoms with Crippen LogP contribution in [-0.2, 0) is 9.47 Å². The Morgan fingerprint density at radius 2 is 1.72 bits per heavy atom. The summed E-state index contributed by atoms with van der Waals surface area (Å²) >= 11 is 0. The SMILES string of the molecule is CCCCCOc1ccccc1NC(=O)O[C@@H](COCCCC)CN(CC)CC. The first kappa shape index (κ1) is 25.2. The summed E-state index contributed by atoms with van der Waals surface area (Å²) in [4.78, 5) is 14.8. The molecule has 0 aliphatic carbocycles. The molecule has 0 heterocycles. The standard InChI is InChI=1S/C23H40N2O4/c1-5-9-13-17-28-22-15-12-11-14-21(22)24-23(26)29-20(18-25(7-3)8-4)19-27-16-10-6-2/h11-12,14-15,20H,5-10,13,16-19H2,1-4H3,(H,24,26)/t20-/m1/s1. The first-order valence-corrected chi connectivity index (χ1v) is 11.1. The molecule has 0 saturated carbocycles. The minimum absolute atomic E-state index is 0.315. The third-order valence-corrected chi connectivity index (χ3v) is 4.71. The van der Waals surface area contributed by atoms with Gasteiger partial charge in [-0.2, -0.15) is 0 Å². The number of nitrogens with zero attached hydrogens (tertiary/aromatic N) is 1. The molecule has 0 fully saturated rings. The minimum Gasteiger partial charge on any atom is -0.491 e. The molecule has 1 atom stereocenters. The molecule has 0 radical (unpaired) electrons. The zero-order valence-electron chi connectivity index (χ0n) is 18.7. The van der Waals surface area contributed by atoms with E-state index in [1.807, 2.05) is 24.3 Å². The molecule has 1 amide bonds. The number of anilines is 1. The summed E-state index contributed by atoms with van der Waals surface area (Å²) in [7, 11) is 0. The predicted octanol–water partition coefficient (Wildman–Crippen LogP) is 5.33. The molecular formula is C23H40N2O4. The molecule has 1 aromatic carbocycles. The number of amides is 1. The molecule has 1 aromatic rings. The van der Waals surface area contributed by atoms with E-state index in [1.165, 1.54) is 0 Å². The van der Waals surface area contributed by atoms with E-state index in [1.54, 1.807) is 0 Å². The number of likely N-dealkylation sites (N-methyl/N-ethyl adjacent to an activating group) is 1. The lowest BCUT2D eigenvalue weighted by atomic mass is 10.2. The molecule has 0 aromatic heterocycles. The Kier molecular flexibility index (Phi) is 14.0. The van der Waals surface area contributed by atoms with Crippen molar-refractivity contribution in [1.82, 2.24) is 4.90 Å². The van der Waals surface area contributed by atoms with Crippen LogP contribution in [0.4, 0.5) is 10.5 Å². The van der Waals surface area contributed by atoms with Crippen LogP contribution in [0.1, 0.15) is 59.8 Å². The molecule has 6 nitrogen and oxygen atoms in total. The third-order valence-electron chi connectivity index (χ3n) is 4.71. The summed E-state index contributed by atoms with van der Waals surface area (Å²) < 4.78 is 17.2. The number of rotatable bonds is 16. The summed E-state index contributed by atoms with van der Waals surface area (Å²) in [6.07, 6.45) is 4.56. The highest BCUT2D eigenvalue weighted by Crippen LogP contribution is 2.24. The molecule has 1 rings (SSSR count). The Bertz CT molecular complexity index is 549. The van der Waals surface area contributed by atoms with Crippen molar-refractivity contribution in [3.63, 3.8) is 0 Å². The summed E-state index contributed by atoms with van der Waals surface area (Å²) in [5, 5.41) is 2.83. The Morgan fingerprint density at radius 3 is 2.41 bits per heavy atom. The van der Waals surface area contributed by atoms with E-state index >= 15 is 0 Å². The van der Waals surface area contributed by atoms with Crippen LogP contribution in [0.25, 0.3) is 0 Å². The second-order valence-electron chi connectivity index (χ2n) is 7.12. The topological polar surface area (TPSA) is 60.0 Å². The van der Waals surface area contributed by atoms with Gasteiger partial charge in [0.15, 0.2) is 0 Å².